The Balaban J connectivity index is 1.71. The van der Waals surface area contributed by atoms with Crippen molar-refractivity contribution in [3.63, 3.8) is 0 Å². The first-order chi connectivity index (χ1) is 18.1. The highest BCUT2D eigenvalue weighted by Gasteiger charge is 2.48. The second kappa shape index (κ2) is 8.52. The van der Waals surface area contributed by atoms with Crippen LogP contribution in [0.5, 0.6) is 5.75 Å². The Kier molecular flexibility index (Phi) is 5.46. The number of nitriles is 1. The maximum absolute atomic E-state index is 13.8. The molecule has 190 valence electrons. The van der Waals surface area contributed by atoms with Crippen LogP contribution in [0.2, 0.25) is 10.0 Å². The second-order valence-electron chi connectivity index (χ2n) is 9.96. The van der Waals surface area contributed by atoms with Crippen LogP contribution in [0.1, 0.15) is 47.8 Å². The topological polar surface area (TPSA) is 83.2 Å². The summed E-state index contributed by atoms with van der Waals surface area (Å²) in [5.41, 5.74) is 4.85. The molecule has 2 amide bonds. The molecule has 2 aliphatic rings. The van der Waals surface area contributed by atoms with E-state index in [1.54, 1.807) is 36.3 Å². The standard InChI is InChI=1S/C29H23Cl2N5O2/c1-15-5-7-18(31)13-22(15)35-24-19-9-8-17(30)12-21(19)29(2,3)36-25(24)26(34-28(35)37)33-27(36)20-11-16(14-32)6-10-23(20)38-4/h5-13,24H,1-4H3,(H,34,37). The molecule has 1 aromatic heterocycles. The quantitative estimate of drug-likeness (QED) is 0.294. The molecule has 0 spiro atoms. The van der Waals surface area contributed by atoms with Crippen LogP contribution >= 0.6 is 23.2 Å². The van der Waals surface area contributed by atoms with Crippen LogP contribution < -0.4 is 15.0 Å². The molecule has 3 aromatic carbocycles. The fourth-order valence-corrected chi connectivity index (χ4v) is 6.01. The maximum Gasteiger partial charge on any atom is 0.328 e. The zero-order valence-corrected chi connectivity index (χ0v) is 22.6. The van der Waals surface area contributed by atoms with Crippen molar-refractivity contribution < 1.29 is 9.53 Å². The molecule has 3 heterocycles. The Morgan fingerprint density at radius 1 is 1.08 bits per heavy atom. The number of halogens is 2. The van der Waals surface area contributed by atoms with Crippen LogP contribution in [0.25, 0.3) is 11.4 Å². The number of methoxy groups -OCH3 is 1. The molecular formula is C29H23Cl2N5O2. The van der Waals surface area contributed by atoms with Crippen molar-refractivity contribution in [2.45, 2.75) is 32.4 Å². The molecule has 0 fully saturated rings. The third kappa shape index (κ3) is 3.41. The molecule has 4 aromatic rings. The molecule has 0 bridgehead atoms. The minimum atomic E-state index is -0.614. The number of aryl methyl sites for hydroxylation is 1. The van der Waals surface area contributed by atoms with E-state index in [1.165, 1.54) is 0 Å². The maximum atomic E-state index is 13.8. The summed E-state index contributed by atoms with van der Waals surface area (Å²) in [7, 11) is 1.58. The number of urea groups is 1. The van der Waals surface area contributed by atoms with E-state index in [9.17, 15) is 10.1 Å². The number of amides is 2. The summed E-state index contributed by atoms with van der Waals surface area (Å²) in [6, 6.07) is 17.9. The lowest BCUT2D eigenvalue weighted by molar-refractivity contribution is 0.253. The predicted molar refractivity (Wildman–Crippen MR) is 148 cm³/mol. The van der Waals surface area contributed by atoms with Gasteiger partial charge in [-0.1, -0.05) is 35.3 Å². The van der Waals surface area contributed by atoms with Crippen LogP contribution in [-0.2, 0) is 5.54 Å². The summed E-state index contributed by atoms with van der Waals surface area (Å²) in [6.45, 7) is 6.14. The number of anilines is 2. The smallest absolute Gasteiger partial charge is 0.328 e. The first-order valence-electron chi connectivity index (χ1n) is 12.0. The fourth-order valence-electron chi connectivity index (χ4n) is 5.67. The van der Waals surface area contributed by atoms with Gasteiger partial charge in [-0.15, -0.1) is 0 Å². The number of carbonyl (C=O) groups excluding carboxylic acids is 1. The van der Waals surface area contributed by atoms with Gasteiger partial charge in [-0.25, -0.2) is 9.78 Å². The van der Waals surface area contributed by atoms with E-state index in [0.717, 1.165) is 22.4 Å². The number of imidazole rings is 1. The first-order valence-corrected chi connectivity index (χ1v) is 12.8. The van der Waals surface area contributed by atoms with Gasteiger partial charge in [0.1, 0.15) is 17.6 Å². The van der Waals surface area contributed by atoms with E-state index < -0.39 is 11.6 Å². The van der Waals surface area contributed by atoms with E-state index in [1.807, 2.05) is 37.3 Å². The zero-order chi connectivity index (χ0) is 26.9. The monoisotopic (exact) mass is 543 g/mol. The Labute approximate surface area is 230 Å². The Morgan fingerprint density at radius 3 is 2.55 bits per heavy atom. The number of carbonyl (C=O) groups is 1. The molecule has 9 heteroatoms. The zero-order valence-electron chi connectivity index (χ0n) is 21.1. The number of hydrogen-bond donors (Lipinski definition) is 1. The lowest BCUT2D eigenvalue weighted by atomic mass is 9.80. The lowest BCUT2D eigenvalue weighted by Gasteiger charge is -2.46. The van der Waals surface area contributed by atoms with Gasteiger partial charge < -0.3 is 9.30 Å². The summed E-state index contributed by atoms with van der Waals surface area (Å²) >= 11 is 12.9. The van der Waals surface area contributed by atoms with Crippen molar-refractivity contribution in [2.24, 2.45) is 0 Å². The molecule has 1 unspecified atom stereocenters. The number of aromatic nitrogens is 2. The minimum Gasteiger partial charge on any atom is -0.496 e. The van der Waals surface area contributed by atoms with Gasteiger partial charge in [-0.2, -0.15) is 5.26 Å². The van der Waals surface area contributed by atoms with Crippen LogP contribution in [0.4, 0.5) is 16.3 Å². The van der Waals surface area contributed by atoms with Crippen molar-refractivity contribution in [1.82, 2.24) is 9.55 Å². The SMILES string of the molecule is COc1ccc(C#N)cc1-c1nc2c3n1C(C)(C)c1cc(Cl)ccc1C3N(c1cc(Cl)ccc1C)C(=O)N2. The van der Waals surface area contributed by atoms with Gasteiger partial charge in [0, 0.05) is 10.0 Å². The van der Waals surface area contributed by atoms with E-state index in [2.05, 4.69) is 29.8 Å². The molecule has 7 nitrogen and oxygen atoms in total. The predicted octanol–water partition coefficient (Wildman–Crippen LogP) is 7.28. The fraction of sp³-hybridized carbons (Fsp3) is 0.207. The summed E-state index contributed by atoms with van der Waals surface area (Å²) < 4.78 is 7.80. The molecule has 0 saturated carbocycles. The average Bonchev–Trinajstić information content (AvgIpc) is 3.28. The summed E-state index contributed by atoms with van der Waals surface area (Å²) in [5, 5.41) is 13.8. The van der Waals surface area contributed by atoms with Gasteiger partial charge >= 0.3 is 6.03 Å². The molecule has 0 aliphatic carbocycles. The number of benzene rings is 3. The van der Waals surface area contributed by atoms with Gasteiger partial charge in [-0.05, 0) is 79.9 Å². The molecule has 6 rings (SSSR count). The third-order valence-corrected chi connectivity index (χ3v) is 7.87. The number of nitrogens with one attached hydrogen (secondary N) is 1. The van der Waals surface area contributed by atoms with Crippen molar-refractivity contribution in [2.75, 3.05) is 17.3 Å². The van der Waals surface area contributed by atoms with Gasteiger partial charge in [0.25, 0.3) is 0 Å². The summed E-state index contributed by atoms with van der Waals surface area (Å²) in [4.78, 5) is 20.4. The van der Waals surface area contributed by atoms with E-state index >= 15 is 0 Å². The lowest BCUT2D eigenvalue weighted by Crippen LogP contribution is -2.49. The van der Waals surface area contributed by atoms with E-state index in [0.29, 0.717) is 44.3 Å². The van der Waals surface area contributed by atoms with Crippen LogP contribution in [0.3, 0.4) is 0 Å². The first kappa shape index (κ1) is 24.4. The Bertz CT molecular complexity index is 1700. The summed E-state index contributed by atoms with van der Waals surface area (Å²) in [6.07, 6.45) is 0. The molecule has 1 N–H and O–H groups in total. The van der Waals surface area contributed by atoms with Gasteiger partial charge in [-0.3, -0.25) is 10.2 Å². The van der Waals surface area contributed by atoms with Gasteiger partial charge in [0.05, 0.1) is 41.2 Å². The number of nitrogens with zero attached hydrogens (tertiary/aromatic N) is 4. The van der Waals surface area contributed by atoms with Crippen molar-refractivity contribution in [3.05, 3.63) is 92.6 Å². The second-order valence-corrected chi connectivity index (χ2v) is 10.8. The number of fused-ring (bicyclic) bond motifs is 2. The van der Waals surface area contributed by atoms with Gasteiger partial charge in [0.15, 0.2) is 5.82 Å². The molecular weight excluding hydrogens is 521 g/mol. The van der Waals surface area contributed by atoms with E-state index in [-0.39, 0.29) is 6.03 Å². The third-order valence-electron chi connectivity index (χ3n) is 7.40. The molecule has 1 atom stereocenters. The Hall–Kier alpha value is -3.99. The van der Waals surface area contributed by atoms with E-state index in [4.69, 9.17) is 32.9 Å². The molecule has 38 heavy (non-hydrogen) atoms. The molecule has 2 aliphatic heterocycles. The highest BCUT2D eigenvalue weighted by atomic mass is 35.5. The number of hydrogen-bond acceptors (Lipinski definition) is 4. The highest BCUT2D eigenvalue weighted by molar-refractivity contribution is 6.31. The highest BCUT2D eigenvalue weighted by Crippen LogP contribution is 2.53. The Morgan fingerprint density at radius 2 is 1.82 bits per heavy atom. The van der Waals surface area contributed by atoms with Crippen molar-refractivity contribution >= 4 is 40.7 Å². The van der Waals surface area contributed by atoms with Gasteiger partial charge in [0.2, 0.25) is 0 Å². The molecule has 0 saturated heterocycles. The normalized spacial score (nSPS) is 16.8. The van der Waals surface area contributed by atoms with Crippen LogP contribution in [0, 0.1) is 18.3 Å². The number of ether oxygens (including phenoxy) is 1. The number of rotatable bonds is 3. The minimum absolute atomic E-state index is 0.317. The average molecular weight is 544 g/mol. The van der Waals surface area contributed by atoms with Crippen LogP contribution in [-0.4, -0.2) is 22.7 Å². The van der Waals surface area contributed by atoms with Crippen molar-refractivity contribution in [1.29, 1.82) is 5.26 Å². The van der Waals surface area contributed by atoms with Crippen molar-refractivity contribution in [3.8, 4) is 23.2 Å². The van der Waals surface area contributed by atoms with Crippen LogP contribution in [0.15, 0.2) is 54.6 Å². The molecule has 0 radical (unpaired) electrons. The largest absolute Gasteiger partial charge is 0.496 e. The summed E-state index contributed by atoms with van der Waals surface area (Å²) in [5.74, 6) is 1.61.